The first kappa shape index (κ1) is 18.6. The van der Waals surface area contributed by atoms with Gasteiger partial charge in [0.2, 0.25) is 0 Å². The van der Waals surface area contributed by atoms with Crippen molar-refractivity contribution in [2.75, 3.05) is 14.2 Å². The number of alkyl halides is 2. The lowest BCUT2D eigenvalue weighted by atomic mass is 10.1. The van der Waals surface area contributed by atoms with Crippen LogP contribution in [0.15, 0.2) is 24.3 Å². The number of hydrogen-bond acceptors (Lipinski definition) is 5. The normalized spacial score (nSPS) is 11.2. The van der Waals surface area contributed by atoms with Crippen molar-refractivity contribution < 1.29 is 28.2 Å². The second-order valence-corrected chi connectivity index (χ2v) is 5.80. The number of aliphatic carboxylic acids is 1. The van der Waals surface area contributed by atoms with Gasteiger partial charge in [0.15, 0.2) is 17.1 Å². The molecule has 0 radical (unpaired) electrons. The molecule has 142 valence electrons. The smallest absolute Gasteiger partial charge is 0.325 e. The highest BCUT2D eigenvalue weighted by Crippen LogP contribution is 2.36. The van der Waals surface area contributed by atoms with Crippen molar-refractivity contribution in [1.29, 1.82) is 0 Å². The summed E-state index contributed by atoms with van der Waals surface area (Å²) in [5.41, 5.74) is 0.923. The second kappa shape index (κ2) is 7.18. The van der Waals surface area contributed by atoms with Gasteiger partial charge in [-0.15, -0.1) is 0 Å². The summed E-state index contributed by atoms with van der Waals surface area (Å²) in [7, 11) is 2.96. The van der Waals surface area contributed by atoms with Crippen LogP contribution in [0, 0.1) is 6.92 Å². The zero-order valence-corrected chi connectivity index (χ0v) is 14.9. The number of fused-ring (bicyclic) bond motifs is 1. The Bertz CT molecular complexity index is 1020. The fraction of sp³-hybridized carbons (Fsp3) is 0.278. The third kappa shape index (κ3) is 3.40. The topological polar surface area (TPSA) is 86.5 Å². The van der Waals surface area contributed by atoms with E-state index in [-0.39, 0.29) is 22.3 Å². The van der Waals surface area contributed by atoms with Crippen LogP contribution in [-0.2, 0) is 11.3 Å². The number of ether oxygens (including phenoxy) is 2. The SMILES string of the molecule is COc1ccc(-c2cc(C(F)F)c3c(C)nn(CC(=O)O)c3n2)cc1OC. The van der Waals surface area contributed by atoms with Crippen molar-refractivity contribution in [3.63, 3.8) is 0 Å². The molecule has 0 aliphatic heterocycles. The number of halogens is 2. The average Bonchev–Trinajstić information content (AvgIpc) is 2.95. The molecule has 0 amide bonds. The highest BCUT2D eigenvalue weighted by Gasteiger charge is 2.22. The number of methoxy groups -OCH3 is 2. The summed E-state index contributed by atoms with van der Waals surface area (Å²) in [4.78, 5) is 15.5. The monoisotopic (exact) mass is 377 g/mol. The number of carboxylic acid groups (broad SMARTS) is 1. The largest absolute Gasteiger partial charge is 0.493 e. The summed E-state index contributed by atoms with van der Waals surface area (Å²) < 4.78 is 38.9. The number of rotatable bonds is 6. The van der Waals surface area contributed by atoms with E-state index in [1.54, 1.807) is 25.1 Å². The highest BCUT2D eigenvalue weighted by molar-refractivity contribution is 5.86. The molecule has 2 heterocycles. The van der Waals surface area contributed by atoms with E-state index in [9.17, 15) is 13.6 Å². The summed E-state index contributed by atoms with van der Waals surface area (Å²) in [6.45, 7) is 1.07. The van der Waals surface area contributed by atoms with E-state index in [4.69, 9.17) is 14.6 Å². The molecule has 0 unspecified atom stereocenters. The Morgan fingerprint density at radius 3 is 2.52 bits per heavy atom. The van der Waals surface area contributed by atoms with Gasteiger partial charge in [0.05, 0.1) is 31.0 Å². The molecule has 1 aromatic carbocycles. The molecule has 0 saturated carbocycles. The first-order valence-electron chi connectivity index (χ1n) is 7.96. The minimum Gasteiger partial charge on any atom is -0.493 e. The van der Waals surface area contributed by atoms with Crippen LogP contribution in [0.1, 0.15) is 17.7 Å². The summed E-state index contributed by atoms with van der Waals surface area (Å²) in [6, 6.07) is 6.21. The standard InChI is InChI=1S/C18H17F2N3O4/c1-9-16-11(17(19)20)7-12(21-18(16)23(22-9)8-15(24)25)10-4-5-13(26-2)14(6-10)27-3/h4-7,17H,8H2,1-3H3,(H,24,25). The van der Waals surface area contributed by atoms with Crippen LogP contribution in [0.4, 0.5) is 8.78 Å². The Morgan fingerprint density at radius 1 is 1.22 bits per heavy atom. The number of benzene rings is 1. The van der Waals surface area contributed by atoms with Gasteiger partial charge in [-0.05, 0) is 31.2 Å². The molecule has 7 nitrogen and oxygen atoms in total. The molecule has 0 saturated heterocycles. The van der Waals surface area contributed by atoms with E-state index < -0.39 is 18.9 Å². The van der Waals surface area contributed by atoms with Crippen LogP contribution >= 0.6 is 0 Å². The van der Waals surface area contributed by atoms with Gasteiger partial charge in [0, 0.05) is 11.1 Å². The zero-order valence-electron chi connectivity index (χ0n) is 14.9. The van der Waals surface area contributed by atoms with Crippen molar-refractivity contribution in [2.24, 2.45) is 0 Å². The molecular weight excluding hydrogens is 360 g/mol. The molecule has 1 N–H and O–H groups in total. The summed E-state index contributed by atoms with van der Waals surface area (Å²) >= 11 is 0. The molecule has 2 aromatic heterocycles. The lowest BCUT2D eigenvalue weighted by Gasteiger charge is -2.11. The van der Waals surface area contributed by atoms with Gasteiger partial charge in [-0.1, -0.05) is 0 Å². The molecular formula is C18H17F2N3O4. The number of aromatic nitrogens is 3. The molecule has 0 aliphatic carbocycles. The second-order valence-electron chi connectivity index (χ2n) is 5.80. The number of carboxylic acids is 1. The van der Waals surface area contributed by atoms with Gasteiger partial charge >= 0.3 is 5.97 Å². The Labute approximate surface area is 153 Å². The number of aryl methyl sites for hydroxylation is 1. The third-order valence-corrected chi connectivity index (χ3v) is 4.11. The fourth-order valence-electron chi connectivity index (χ4n) is 2.94. The molecule has 0 fully saturated rings. The van der Waals surface area contributed by atoms with Crippen LogP contribution in [0.5, 0.6) is 11.5 Å². The van der Waals surface area contributed by atoms with Crippen LogP contribution in [-0.4, -0.2) is 40.1 Å². The lowest BCUT2D eigenvalue weighted by Crippen LogP contribution is -2.11. The Morgan fingerprint density at radius 2 is 1.93 bits per heavy atom. The summed E-state index contributed by atoms with van der Waals surface area (Å²) in [6.07, 6.45) is -2.77. The minimum atomic E-state index is -2.77. The van der Waals surface area contributed by atoms with E-state index in [1.807, 2.05) is 0 Å². The van der Waals surface area contributed by atoms with E-state index in [1.165, 1.54) is 20.3 Å². The maximum atomic E-state index is 13.7. The molecule has 27 heavy (non-hydrogen) atoms. The maximum absolute atomic E-state index is 13.7. The van der Waals surface area contributed by atoms with Crippen LogP contribution in [0.25, 0.3) is 22.3 Å². The number of nitrogens with zero attached hydrogens (tertiary/aromatic N) is 3. The molecule has 0 bridgehead atoms. The molecule has 3 rings (SSSR count). The van der Waals surface area contributed by atoms with Crippen LogP contribution in [0.2, 0.25) is 0 Å². The van der Waals surface area contributed by atoms with E-state index >= 15 is 0 Å². The summed E-state index contributed by atoms with van der Waals surface area (Å²) in [5, 5.41) is 13.3. The average molecular weight is 377 g/mol. The Kier molecular flexibility index (Phi) is 4.93. The molecule has 0 atom stereocenters. The van der Waals surface area contributed by atoms with Gasteiger partial charge in [-0.25, -0.2) is 18.4 Å². The van der Waals surface area contributed by atoms with Crippen LogP contribution < -0.4 is 9.47 Å². The highest BCUT2D eigenvalue weighted by atomic mass is 19.3. The maximum Gasteiger partial charge on any atom is 0.325 e. The molecule has 3 aromatic rings. The fourth-order valence-corrected chi connectivity index (χ4v) is 2.94. The third-order valence-electron chi connectivity index (χ3n) is 4.11. The van der Waals surface area contributed by atoms with Crippen molar-refractivity contribution in [3.8, 4) is 22.8 Å². The predicted octanol–water partition coefficient (Wildman–Crippen LogP) is 3.45. The van der Waals surface area contributed by atoms with E-state index in [0.717, 1.165) is 4.68 Å². The molecule has 0 aliphatic rings. The first-order chi connectivity index (χ1) is 12.8. The van der Waals surface area contributed by atoms with Gasteiger partial charge in [0.1, 0.15) is 6.54 Å². The van der Waals surface area contributed by atoms with Gasteiger partial charge in [-0.2, -0.15) is 5.10 Å². The van der Waals surface area contributed by atoms with Crippen LogP contribution in [0.3, 0.4) is 0 Å². The molecule has 9 heteroatoms. The van der Waals surface area contributed by atoms with Crippen molar-refractivity contribution in [1.82, 2.24) is 14.8 Å². The predicted molar refractivity (Wildman–Crippen MR) is 93.4 cm³/mol. The summed E-state index contributed by atoms with van der Waals surface area (Å²) in [5.74, 6) is -0.231. The van der Waals surface area contributed by atoms with Gasteiger partial charge < -0.3 is 14.6 Å². The Hall–Kier alpha value is -3.23. The number of hydrogen-bond donors (Lipinski definition) is 1. The van der Waals surface area contributed by atoms with Gasteiger partial charge in [-0.3, -0.25) is 4.79 Å². The minimum absolute atomic E-state index is 0.0949. The van der Waals surface area contributed by atoms with Crippen molar-refractivity contribution in [3.05, 3.63) is 35.5 Å². The zero-order chi connectivity index (χ0) is 19.7. The van der Waals surface area contributed by atoms with E-state index in [0.29, 0.717) is 22.8 Å². The van der Waals surface area contributed by atoms with E-state index in [2.05, 4.69) is 10.1 Å². The van der Waals surface area contributed by atoms with Crippen molar-refractivity contribution >= 4 is 17.0 Å². The first-order valence-corrected chi connectivity index (χ1v) is 7.96. The Balaban J connectivity index is 2.26. The van der Waals surface area contributed by atoms with Gasteiger partial charge in [0.25, 0.3) is 6.43 Å². The quantitative estimate of drug-likeness (QED) is 0.708. The lowest BCUT2D eigenvalue weighted by molar-refractivity contribution is -0.137. The number of pyridine rings is 1. The molecule has 0 spiro atoms. The van der Waals surface area contributed by atoms with Crippen molar-refractivity contribution in [2.45, 2.75) is 19.9 Å². The number of carbonyl (C=O) groups is 1.